The molecule has 16 nitrogen and oxygen atoms in total. The number of hydrogen-bond acceptors (Lipinski definition) is 14. The Hall–Kier alpha value is -6.37. The normalized spacial score (nSPS) is 10.4. The molecule has 0 saturated heterocycles. The summed E-state index contributed by atoms with van der Waals surface area (Å²) in [6, 6.07) is 34.0. The Morgan fingerprint density at radius 2 is 0.722 bits per heavy atom. The number of phenolic OH excluding ortho intramolecular Hbond substituents is 4. The molecule has 6 aromatic rings. The van der Waals surface area contributed by atoms with Gasteiger partial charge in [0.2, 0.25) is 0 Å². The van der Waals surface area contributed by atoms with Crippen molar-refractivity contribution < 1.29 is 86.1 Å². The van der Waals surface area contributed by atoms with Gasteiger partial charge in [-0.3, -0.25) is 20.2 Å². The molecule has 54 heavy (non-hydrogen) atoms. The number of para-hydroxylation sites is 2. The van der Waals surface area contributed by atoms with Crippen molar-refractivity contribution in [2.75, 3.05) is 0 Å². The predicted molar refractivity (Wildman–Crippen MR) is 187 cm³/mol. The Morgan fingerprint density at radius 1 is 0.426 bits per heavy atom. The molecule has 0 saturated carbocycles. The molecular weight excluding hydrogens is 758 g/mol. The van der Waals surface area contributed by atoms with E-state index in [4.69, 9.17) is 9.47 Å². The maximum atomic E-state index is 10.6. The summed E-state index contributed by atoms with van der Waals surface area (Å²) in [5, 5.41) is 76.2. The van der Waals surface area contributed by atoms with E-state index in [0.717, 1.165) is 12.1 Å². The zero-order chi connectivity index (χ0) is 37.0. The van der Waals surface area contributed by atoms with E-state index in [0.29, 0.717) is 23.0 Å². The van der Waals surface area contributed by atoms with E-state index in [2.05, 4.69) is 20.5 Å². The third kappa shape index (κ3) is 11.8. The number of benzene rings is 6. The molecule has 6 rings (SSSR count). The molecule has 0 aliphatic carbocycles. The fourth-order valence-corrected chi connectivity index (χ4v) is 4.19. The first kappa shape index (κ1) is 42.0. The maximum absolute atomic E-state index is 10.6. The number of azo groups is 2. The van der Waals surface area contributed by atoms with E-state index in [-0.39, 0.29) is 103 Å². The van der Waals surface area contributed by atoms with Crippen LogP contribution >= 0.6 is 0 Å². The number of nitrogens with zero attached hydrogens (tertiary/aromatic N) is 6. The van der Waals surface area contributed by atoms with Gasteiger partial charge in [0.15, 0.2) is 0 Å². The number of rotatable bonds is 10. The van der Waals surface area contributed by atoms with Crippen molar-refractivity contribution in [3.05, 3.63) is 154 Å². The Balaban J connectivity index is 0.000000280. The fourth-order valence-electron chi connectivity index (χ4n) is 4.19. The Morgan fingerprint density at radius 3 is 1.00 bits per heavy atom. The van der Waals surface area contributed by atoms with Crippen LogP contribution in [0, 0.1) is 20.2 Å². The maximum Gasteiger partial charge on any atom is 1.00 e. The van der Waals surface area contributed by atoms with E-state index in [1.165, 1.54) is 48.5 Å². The molecule has 18 heteroatoms. The molecule has 0 aromatic heterocycles. The number of aromatic hydroxyl groups is 4. The van der Waals surface area contributed by atoms with Gasteiger partial charge in [-0.25, -0.2) is 0 Å². The third-order valence-electron chi connectivity index (χ3n) is 6.72. The predicted octanol–water partition coefficient (Wildman–Crippen LogP) is 7.43. The molecule has 269 valence electrons. The molecule has 6 aromatic carbocycles. The second-order valence-electron chi connectivity index (χ2n) is 10.4. The molecule has 1 radical (unpaired) electrons. The number of nitro groups is 2. The van der Waals surface area contributed by atoms with Gasteiger partial charge in [0.1, 0.15) is 68.7 Å². The van der Waals surface area contributed by atoms with Gasteiger partial charge in [-0.15, -0.1) is 20.5 Å². The van der Waals surface area contributed by atoms with Gasteiger partial charge in [-0.2, -0.15) is 0 Å². The molecular formula is C36H26CoN6NaO10+. The van der Waals surface area contributed by atoms with Crippen molar-refractivity contribution in [2.45, 2.75) is 0 Å². The van der Waals surface area contributed by atoms with Crippen LogP contribution in [0.3, 0.4) is 0 Å². The number of phenols is 4. The molecule has 0 heterocycles. The van der Waals surface area contributed by atoms with Crippen molar-refractivity contribution in [1.82, 2.24) is 0 Å². The molecule has 0 aliphatic rings. The fraction of sp³-hybridized carbons (Fsp3) is 0. The summed E-state index contributed by atoms with van der Waals surface area (Å²) in [6.07, 6.45) is 0. The summed E-state index contributed by atoms with van der Waals surface area (Å²) in [5.74, 6) is 0.996. The van der Waals surface area contributed by atoms with Crippen LogP contribution < -0.4 is 39.0 Å². The van der Waals surface area contributed by atoms with Crippen LogP contribution in [0.5, 0.6) is 46.0 Å². The van der Waals surface area contributed by atoms with Crippen molar-refractivity contribution in [1.29, 1.82) is 0 Å². The minimum atomic E-state index is -0.627. The van der Waals surface area contributed by atoms with E-state index < -0.39 is 9.85 Å². The SMILES string of the molecule is O=[N+]([O-])c1ccc(N=Nc2ccc(Oc3ccccc3)cc2O)c(O)c1.O=[N+]([O-])c1ccc(N=Nc2ccc(Oc3ccccc3)cc2O)c(O)c1.[Co].[Na+]. The number of ether oxygens (including phenoxy) is 2. The van der Waals surface area contributed by atoms with Crippen LogP contribution in [0.2, 0.25) is 0 Å². The summed E-state index contributed by atoms with van der Waals surface area (Å²) in [5.41, 5.74) is -0.121. The summed E-state index contributed by atoms with van der Waals surface area (Å²) in [6.45, 7) is 0. The van der Waals surface area contributed by atoms with Gasteiger partial charge < -0.3 is 29.9 Å². The molecule has 0 spiro atoms. The second kappa shape index (κ2) is 20.0. The van der Waals surface area contributed by atoms with E-state index in [9.17, 15) is 40.7 Å². The number of hydrogen-bond donors (Lipinski definition) is 4. The zero-order valence-corrected chi connectivity index (χ0v) is 31.0. The standard InChI is InChI=1S/2C18H13N3O5.Co.Na/c2*22-17-10-12(21(24)25)6-8-15(17)19-20-16-9-7-14(11-18(16)23)26-13-4-2-1-3-5-13;;/h2*1-11,22-23H;;/q;;;+1. The Bertz CT molecular complexity index is 2120. The second-order valence-corrected chi connectivity index (χ2v) is 10.4. The average molecular weight is 785 g/mol. The van der Waals surface area contributed by atoms with Gasteiger partial charge in [0, 0.05) is 41.0 Å². The Labute approximate surface area is 338 Å². The molecule has 0 unspecified atom stereocenters. The first-order valence-corrected chi connectivity index (χ1v) is 15.0. The monoisotopic (exact) mass is 784 g/mol. The van der Waals surface area contributed by atoms with Crippen LogP contribution in [-0.4, -0.2) is 30.3 Å². The number of non-ortho nitro benzene ring substituents is 2. The topological polar surface area (TPSA) is 235 Å². The molecule has 4 N–H and O–H groups in total. The minimum Gasteiger partial charge on any atom is -0.505 e. The third-order valence-corrected chi connectivity index (χ3v) is 6.72. The van der Waals surface area contributed by atoms with Crippen LogP contribution in [0.1, 0.15) is 0 Å². The number of nitro benzene ring substituents is 2. The van der Waals surface area contributed by atoms with Gasteiger partial charge in [-0.05, 0) is 60.7 Å². The Kier molecular flexibility index (Phi) is 15.6. The van der Waals surface area contributed by atoms with Crippen molar-refractivity contribution >= 4 is 34.1 Å². The van der Waals surface area contributed by atoms with Crippen molar-refractivity contribution in [2.24, 2.45) is 20.5 Å². The van der Waals surface area contributed by atoms with Crippen LogP contribution in [0.15, 0.2) is 154 Å². The summed E-state index contributed by atoms with van der Waals surface area (Å²) < 4.78 is 11.2. The van der Waals surface area contributed by atoms with Crippen LogP contribution in [-0.2, 0) is 16.8 Å². The zero-order valence-electron chi connectivity index (χ0n) is 28.0. The van der Waals surface area contributed by atoms with E-state index in [1.54, 1.807) is 36.4 Å². The molecule has 0 fully saturated rings. The van der Waals surface area contributed by atoms with Gasteiger partial charge in [0.25, 0.3) is 11.4 Å². The molecule has 0 atom stereocenters. The minimum absolute atomic E-state index is 0. The van der Waals surface area contributed by atoms with Gasteiger partial charge >= 0.3 is 29.6 Å². The van der Waals surface area contributed by atoms with Crippen LogP contribution in [0.4, 0.5) is 34.1 Å². The summed E-state index contributed by atoms with van der Waals surface area (Å²) in [7, 11) is 0. The summed E-state index contributed by atoms with van der Waals surface area (Å²) in [4.78, 5) is 20.0. The van der Waals surface area contributed by atoms with Gasteiger partial charge in [-0.1, -0.05) is 36.4 Å². The largest absolute Gasteiger partial charge is 1.00 e. The molecule has 0 bridgehead atoms. The first-order chi connectivity index (χ1) is 25.0. The summed E-state index contributed by atoms with van der Waals surface area (Å²) >= 11 is 0. The van der Waals surface area contributed by atoms with Crippen molar-refractivity contribution in [3.63, 3.8) is 0 Å². The average Bonchev–Trinajstić information content (AvgIpc) is 3.13. The molecule has 0 aliphatic heterocycles. The van der Waals surface area contributed by atoms with E-state index >= 15 is 0 Å². The molecule has 0 amide bonds. The van der Waals surface area contributed by atoms with Crippen LogP contribution in [0.25, 0.3) is 0 Å². The quantitative estimate of drug-likeness (QED) is 0.0464. The smallest absolute Gasteiger partial charge is 0.505 e. The van der Waals surface area contributed by atoms with Gasteiger partial charge in [0.05, 0.1) is 22.0 Å². The first-order valence-electron chi connectivity index (χ1n) is 15.0. The van der Waals surface area contributed by atoms with Crippen molar-refractivity contribution in [3.8, 4) is 46.0 Å². The van der Waals surface area contributed by atoms with E-state index in [1.807, 2.05) is 36.4 Å².